The van der Waals surface area contributed by atoms with Crippen molar-refractivity contribution in [3.05, 3.63) is 0 Å². The van der Waals surface area contributed by atoms with Crippen molar-refractivity contribution in [1.29, 1.82) is 0 Å². The molecule has 3 aliphatic rings. The van der Waals surface area contributed by atoms with Crippen LogP contribution in [0.5, 0.6) is 0 Å². The summed E-state index contributed by atoms with van der Waals surface area (Å²) in [7, 11) is 0. The first-order chi connectivity index (χ1) is 48.8. The van der Waals surface area contributed by atoms with E-state index in [0.717, 1.165) is 6.92 Å². The van der Waals surface area contributed by atoms with Crippen LogP contribution >= 0.6 is 0 Å². The Morgan fingerprint density at radius 2 is 0.637 bits per heavy atom. The van der Waals surface area contributed by atoms with E-state index in [9.17, 15) is 79.5 Å². The van der Waals surface area contributed by atoms with E-state index in [1.165, 1.54) is 20.8 Å². The van der Waals surface area contributed by atoms with E-state index in [4.69, 9.17) is 86.7 Å². The van der Waals surface area contributed by atoms with Crippen LogP contribution in [0, 0.1) is 0 Å². The lowest BCUT2D eigenvalue weighted by molar-refractivity contribution is -0.272. The number of carboxylic acid groups (broad SMARTS) is 1. The van der Waals surface area contributed by atoms with E-state index in [1.54, 1.807) is 0 Å². The van der Waals surface area contributed by atoms with Crippen LogP contribution in [0.15, 0.2) is 0 Å². The Bertz CT molecular complexity index is 2110. The van der Waals surface area contributed by atoms with Gasteiger partial charge in [-0.3, -0.25) is 38.4 Å². The zero-order valence-electron chi connectivity index (χ0n) is 58.4. The third kappa shape index (κ3) is 39.8. The van der Waals surface area contributed by atoms with Crippen molar-refractivity contribution in [2.24, 2.45) is 5.73 Å². The summed E-state index contributed by atoms with van der Waals surface area (Å²) in [6.45, 7) is 4.03. The highest BCUT2D eigenvalue weighted by molar-refractivity contribution is 5.78. The zero-order valence-corrected chi connectivity index (χ0v) is 58.4. The largest absolute Gasteiger partial charge is 0.481 e. The molecule has 0 spiro atoms. The second kappa shape index (κ2) is 55.2. The van der Waals surface area contributed by atoms with E-state index < -0.39 is 147 Å². The number of amides is 7. The van der Waals surface area contributed by atoms with Gasteiger partial charge in [0.05, 0.1) is 159 Å². The third-order valence-corrected chi connectivity index (χ3v) is 14.7. The maximum atomic E-state index is 13.3. The molecule has 0 aromatic rings. The fraction of sp³-hybridized carbons (Fsp3) is 0.869. The Morgan fingerprint density at radius 3 is 0.892 bits per heavy atom. The van der Waals surface area contributed by atoms with Crippen molar-refractivity contribution < 1.29 is 160 Å². The Morgan fingerprint density at radius 1 is 0.373 bits per heavy atom. The molecule has 0 bridgehead atoms. The Balaban J connectivity index is 0.00000859. The first-order valence-corrected chi connectivity index (χ1v) is 33.6. The number of carbonyl (C=O) groups excluding carboxylic acids is 7. The van der Waals surface area contributed by atoms with Crippen LogP contribution in [0.3, 0.4) is 0 Å². The molecule has 0 aromatic carbocycles. The first kappa shape index (κ1) is 92.8. The van der Waals surface area contributed by atoms with Crippen molar-refractivity contribution in [3.63, 3.8) is 0 Å². The number of aliphatic hydroxyl groups is 9. The monoisotopic (exact) mass is 1480 g/mol. The lowest BCUT2D eigenvalue weighted by Gasteiger charge is -2.42. The van der Waals surface area contributed by atoms with Crippen molar-refractivity contribution in [2.75, 3.05) is 185 Å². The Labute approximate surface area is 591 Å². The van der Waals surface area contributed by atoms with Gasteiger partial charge in [0.15, 0.2) is 18.9 Å². The van der Waals surface area contributed by atoms with Crippen LogP contribution in [0.1, 0.15) is 59.8 Å². The normalized spacial score (nSPS) is 25.4. The average Bonchev–Trinajstić information content (AvgIpc) is 0.824. The number of hydrogen-bond acceptors (Lipinski definition) is 33. The summed E-state index contributed by atoms with van der Waals surface area (Å²) in [5, 5.41) is 116. The van der Waals surface area contributed by atoms with Gasteiger partial charge in [0.1, 0.15) is 78.6 Å². The molecule has 594 valence electrons. The number of aliphatic hydroxyl groups excluding tert-OH is 9. The molecular formula is C61H112N8O33. The highest BCUT2D eigenvalue weighted by Crippen LogP contribution is 2.25. The number of aliphatic carboxylic acids is 1. The van der Waals surface area contributed by atoms with Crippen LogP contribution < -0.4 is 43.0 Å². The fourth-order valence-electron chi connectivity index (χ4n) is 9.68. The molecule has 41 nitrogen and oxygen atoms in total. The van der Waals surface area contributed by atoms with Crippen LogP contribution in [0.2, 0.25) is 0 Å². The lowest BCUT2D eigenvalue weighted by atomic mass is 9.97. The predicted molar refractivity (Wildman–Crippen MR) is 347 cm³/mol. The SMILES string of the molecule is CC(=O)NC1C(OCCOCCOCCNC(=O)CCOCC(COCCC(=O)NCCOCCOCCOC2OC(CO)C(O)C(O)C2NC(C)=O)(COCCC(=O)NCCOCCOCCOC2OC(CO)C(O)C(O)C2NC(C)=O)NC(=O)CCCN)OC(CO)C(O)C1O.CC(=O)O. The summed E-state index contributed by atoms with van der Waals surface area (Å²) in [6, 6.07) is -3.28. The van der Waals surface area contributed by atoms with E-state index in [-0.39, 0.29) is 208 Å². The third-order valence-electron chi connectivity index (χ3n) is 14.7. The summed E-state index contributed by atoms with van der Waals surface area (Å²) < 4.78 is 84.4. The van der Waals surface area contributed by atoms with Gasteiger partial charge < -0.3 is 165 Å². The molecule has 7 amide bonds. The maximum Gasteiger partial charge on any atom is 0.300 e. The quantitative estimate of drug-likeness (QED) is 0.0252. The molecule has 41 heteroatoms. The van der Waals surface area contributed by atoms with Crippen LogP contribution in [-0.4, -0.2) is 381 Å². The zero-order chi connectivity index (χ0) is 75.7. The van der Waals surface area contributed by atoms with E-state index >= 15 is 0 Å². The highest BCUT2D eigenvalue weighted by atomic mass is 16.7. The molecular weight excluding hydrogens is 1370 g/mol. The van der Waals surface area contributed by atoms with Crippen LogP contribution in [0.25, 0.3) is 0 Å². The van der Waals surface area contributed by atoms with Crippen molar-refractivity contribution in [2.45, 2.75) is 157 Å². The van der Waals surface area contributed by atoms with E-state index in [0.29, 0.717) is 6.42 Å². The Hall–Kier alpha value is -5.24. The molecule has 19 N–H and O–H groups in total. The maximum absolute atomic E-state index is 13.3. The topological polar surface area (TPSA) is 588 Å². The molecule has 0 saturated carbocycles. The van der Waals surface area contributed by atoms with Gasteiger partial charge in [0.25, 0.3) is 5.97 Å². The number of carbonyl (C=O) groups is 8. The van der Waals surface area contributed by atoms with Gasteiger partial charge in [0, 0.05) is 73.0 Å². The number of rotatable bonds is 55. The molecule has 102 heavy (non-hydrogen) atoms. The van der Waals surface area contributed by atoms with Gasteiger partial charge in [-0.2, -0.15) is 0 Å². The molecule has 0 aliphatic carbocycles. The molecule has 15 unspecified atom stereocenters. The highest BCUT2D eigenvalue weighted by Gasteiger charge is 2.48. The molecule has 0 radical (unpaired) electrons. The summed E-state index contributed by atoms with van der Waals surface area (Å²) in [6.07, 6.45) is -15.5. The van der Waals surface area contributed by atoms with E-state index in [1.807, 2.05) is 0 Å². The molecule has 3 heterocycles. The number of carboxylic acids is 1. The molecule has 3 fully saturated rings. The number of ether oxygens (including phenoxy) is 15. The summed E-state index contributed by atoms with van der Waals surface area (Å²) >= 11 is 0. The standard InChI is InChI=1S/C59H108N8O31.C2H4O2/c1-37(71)64-47-53(81)50(78)40(31-68)96-56(47)93-28-25-87-22-19-84-16-10-61-43(74)6-13-90-34-59(67-46(77)5-4-9-60,35-91-14-7-44(75)62-11-17-85-20-23-88-26-29-94-57-48(65-38(2)72)54(82)51(79)41(32-69)97-57)36-92-15-8-45(76)63-12-18-86-21-24-89-27-30-95-58-49(66-39(3)73)55(83)52(80)42(33-70)98-58;1-2(3)4/h40-42,47-58,68-70,78-83H,4-36,60H2,1-3H3,(H,61,74)(H,62,75)(H,63,76)(H,64,71)(H,65,72)(H,66,73)(H,67,77);1H3,(H,3,4). The summed E-state index contributed by atoms with van der Waals surface area (Å²) in [5.41, 5.74) is 4.31. The van der Waals surface area contributed by atoms with E-state index in [2.05, 4.69) is 37.2 Å². The van der Waals surface area contributed by atoms with Crippen molar-refractivity contribution in [3.8, 4) is 0 Å². The molecule has 0 aromatic heterocycles. The first-order valence-electron chi connectivity index (χ1n) is 33.6. The molecule has 3 rings (SSSR count). The van der Waals surface area contributed by atoms with Gasteiger partial charge in [-0.25, -0.2) is 0 Å². The smallest absolute Gasteiger partial charge is 0.300 e. The number of nitrogens with one attached hydrogen (secondary N) is 7. The average molecular weight is 1490 g/mol. The predicted octanol–water partition coefficient (Wildman–Crippen LogP) is -9.78. The van der Waals surface area contributed by atoms with Gasteiger partial charge >= 0.3 is 0 Å². The lowest BCUT2D eigenvalue weighted by Crippen LogP contribution is -2.64. The summed E-state index contributed by atoms with van der Waals surface area (Å²) in [4.78, 5) is 95.7. The van der Waals surface area contributed by atoms with Gasteiger partial charge in [-0.15, -0.1) is 0 Å². The van der Waals surface area contributed by atoms with Crippen LogP contribution in [-0.2, 0) is 109 Å². The Kier molecular flexibility index (Phi) is 50.3. The second-order valence-corrected chi connectivity index (χ2v) is 23.3. The van der Waals surface area contributed by atoms with Gasteiger partial charge in [-0.05, 0) is 13.0 Å². The molecule has 3 aliphatic heterocycles. The minimum atomic E-state index is -1.46. The molecule has 15 atom stereocenters. The van der Waals surface area contributed by atoms with Gasteiger partial charge in [-0.1, -0.05) is 0 Å². The van der Waals surface area contributed by atoms with Crippen molar-refractivity contribution >= 4 is 47.3 Å². The van der Waals surface area contributed by atoms with Crippen LogP contribution in [0.4, 0.5) is 0 Å². The fourth-order valence-corrected chi connectivity index (χ4v) is 9.68. The van der Waals surface area contributed by atoms with Gasteiger partial charge in [0.2, 0.25) is 41.4 Å². The number of hydrogen-bond donors (Lipinski definition) is 18. The minimum absolute atomic E-state index is 0.0267. The minimum Gasteiger partial charge on any atom is -0.481 e. The number of nitrogens with two attached hydrogens (primary N) is 1. The molecule has 3 saturated heterocycles. The van der Waals surface area contributed by atoms with Crippen molar-refractivity contribution in [1.82, 2.24) is 37.2 Å². The summed E-state index contributed by atoms with van der Waals surface area (Å²) in [5.74, 6) is -3.86. The second-order valence-electron chi connectivity index (χ2n) is 23.3.